The molecule has 1 heterocycles. The largest absolute Gasteiger partial charge is 0.369 e. The van der Waals surface area contributed by atoms with Crippen molar-refractivity contribution in [2.75, 3.05) is 18.9 Å². The number of nitrogens with zero attached hydrogens (tertiary/aromatic N) is 1. The van der Waals surface area contributed by atoms with Crippen LogP contribution in [0.3, 0.4) is 0 Å². The Balaban J connectivity index is 2.67. The first-order valence-electron chi connectivity index (χ1n) is 6.98. The summed E-state index contributed by atoms with van der Waals surface area (Å²) in [6.45, 7) is 10.7. The van der Waals surface area contributed by atoms with E-state index in [0.29, 0.717) is 22.8 Å². The first kappa shape index (κ1) is 16.3. The lowest BCUT2D eigenvalue weighted by Gasteiger charge is -2.25. The van der Waals surface area contributed by atoms with E-state index in [1.54, 1.807) is 0 Å². The third kappa shape index (κ3) is 5.00. The molecule has 0 aromatic carbocycles. The second-order valence-electron chi connectivity index (χ2n) is 5.74. The van der Waals surface area contributed by atoms with E-state index in [0.717, 1.165) is 24.5 Å². The average Bonchev–Trinajstić information content (AvgIpc) is 2.31. The van der Waals surface area contributed by atoms with Gasteiger partial charge in [-0.3, -0.25) is 0 Å². The molecule has 1 aromatic rings. The summed E-state index contributed by atoms with van der Waals surface area (Å²) in [6, 6.07) is 1.97. The van der Waals surface area contributed by atoms with Gasteiger partial charge < -0.3 is 10.6 Å². The van der Waals surface area contributed by atoms with E-state index in [1.807, 2.05) is 19.3 Å². The van der Waals surface area contributed by atoms with E-state index in [2.05, 4.69) is 43.3 Å². The van der Waals surface area contributed by atoms with E-state index >= 15 is 0 Å². The van der Waals surface area contributed by atoms with Crippen LogP contribution in [0.15, 0.2) is 12.3 Å². The Morgan fingerprint density at radius 1 is 1.21 bits per heavy atom. The minimum Gasteiger partial charge on any atom is -0.369 e. The predicted octanol–water partition coefficient (Wildman–Crippen LogP) is 3.79. The Hall–Kier alpha value is -0.800. The molecule has 2 N–H and O–H groups in total. The molecule has 0 saturated carbocycles. The summed E-state index contributed by atoms with van der Waals surface area (Å²) >= 11 is 6.25. The zero-order chi connectivity index (χ0) is 14.4. The number of anilines is 1. The summed E-state index contributed by atoms with van der Waals surface area (Å²) in [5.74, 6) is 2.70. The maximum Gasteiger partial charge on any atom is 0.144 e. The van der Waals surface area contributed by atoms with Gasteiger partial charge in [-0.2, -0.15) is 0 Å². The van der Waals surface area contributed by atoms with E-state index in [9.17, 15) is 0 Å². The van der Waals surface area contributed by atoms with Crippen molar-refractivity contribution in [3.8, 4) is 0 Å². The normalized spacial score (nSPS) is 11.6. The molecule has 0 saturated heterocycles. The van der Waals surface area contributed by atoms with Crippen molar-refractivity contribution in [1.29, 1.82) is 0 Å². The van der Waals surface area contributed by atoms with Gasteiger partial charge in [0, 0.05) is 19.3 Å². The fourth-order valence-electron chi connectivity index (χ4n) is 2.36. The van der Waals surface area contributed by atoms with Crippen molar-refractivity contribution in [2.45, 2.75) is 34.2 Å². The van der Waals surface area contributed by atoms with Crippen LogP contribution in [0.5, 0.6) is 0 Å². The molecule has 0 aliphatic rings. The SMILES string of the molecule is CNCc1cnc(NCC(C(C)C)C(C)C)c(Cl)c1. The van der Waals surface area contributed by atoms with E-state index in [4.69, 9.17) is 11.6 Å². The highest BCUT2D eigenvalue weighted by Crippen LogP contribution is 2.24. The van der Waals surface area contributed by atoms with E-state index in [-0.39, 0.29) is 0 Å². The minimum atomic E-state index is 0.620. The number of hydrogen-bond donors (Lipinski definition) is 2. The second kappa shape index (κ2) is 7.71. The standard InChI is InChI=1S/C15H26ClN3/c1-10(2)13(11(3)4)9-19-15-14(16)6-12(7-17-5)8-18-15/h6,8,10-11,13,17H,7,9H2,1-5H3,(H,18,19). The maximum absolute atomic E-state index is 6.25. The molecule has 0 amide bonds. The molecule has 0 radical (unpaired) electrons. The molecular formula is C15H26ClN3. The summed E-state index contributed by atoms with van der Waals surface area (Å²) < 4.78 is 0. The summed E-state index contributed by atoms with van der Waals surface area (Å²) in [5.41, 5.74) is 1.10. The summed E-state index contributed by atoms with van der Waals surface area (Å²) in [5, 5.41) is 7.17. The molecule has 0 fully saturated rings. The van der Waals surface area contributed by atoms with Crippen LogP contribution in [0.1, 0.15) is 33.3 Å². The van der Waals surface area contributed by atoms with E-state index in [1.165, 1.54) is 0 Å². The molecule has 1 aromatic heterocycles. The monoisotopic (exact) mass is 283 g/mol. The molecule has 0 bridgehead atoms. The first-order chi connectivity index (χ1) is 8.95. The quantitative estimate of drug-likeness (QED) is 0.799. The Kier molecular flexibility index (Phi) is 6.59. The number of pyridine rings is 1. The second-order valence-corrected chi connectivity index (χ2v) is 6.14. The number of halogens is 1. The molecule has 0 atom stereocenters. The van der Waals surface area contributed by atoms with Crippen molar-refractivity contribution < 1.29 is 0 Å². The fraction of sp³-hybridized carbons (Fsp3) is 0.667. The molecule has 0 spiro atoms. The Bertz CT molecular complexity index is 383. The smallest absolute Gasteiger partial charge is 0.144 e. The molecule has 3 nitrogen and oxygen atoms in total. The van der Waals surface area contributed by atoms with Crippen molar-refractivity contribution in [1.82, 2.24) is 10.3 Å². The fourth-order valence-corrected chi connectivity index (χ4v) is 2.62. The zero-order valence-electron chi connectivity index (χ0n) is 12.6. The average molecular weight is 284 g/mol. The number of rotatable bonds is 7. The lowest BCUT2D eigenvalue weighted by atomic mass is 9.85. The molecule has 0 aliphatic carbocycles. The van der Waals surface area contributed by atoms with Gasteiger partial charge >= 0.3 is 0 Å². The summed E-state index contributed by atoms with van der Waals surface area (Å²) in [6.07, 6.45) is 1.87. The molecule has 108 valence electrons. The highest BCUT2D eigenvalue weighted by atomic mass is 35.5. The van der Waals surface area contributed by atoms with Gasteiger partial charge in [0.15, 0.2) is 0 Å². The summed E-state index contributed by atoms with van der Waals surface area (Å²) in [7, 11) is 1.91. The lowest BCUT2D eigenvalue weighted by molar-refractivity contribution is 0.304. The van der Waals surface area contributed by atoms with Crippen molar-refractivity contribution >= 4 is 17.4 Å². The van der Waals surface area contributed by atoms with Crippen LogP contribution in [-0.2, 0) is 6.54 Å². The van der Waals surface area contributed by atoms with E-state index < -0.39 is 0 Å². The molecular weight excluding hydrogens is 258 g/mol. The van der Waals surface area contributed by atoms with Crippen LogP contribution in [0.2, 0.25) is 5.02 Å². The van der Waals surface area contributed by atoms with Crippen LogP contribution in [0, 0.1) is 17.8 Å². The molecule has 1 rings (SSSR count). The topological polar surface area (TPSA) is 37.0 Å². The molecule has 4 heteroatoms. The van der Waals surface area contributed by atoms with Gasteiger partial charge in [0.2, 0.25) is 0 Å². The predicted molar refractivity (Wildman–Crippen MR) is 83.7 cm³/mol. The molecule has 0 unspecified atom stereocenters. The van der Waals surface area contributed by atoms with Gasteiger partial charge in [0.25, 0.3) is 0 Å². The minimum absolute atomic E-state index is 0.620. The van der Waals surface area contributed by atoms with Gasteiger partial charge in [-0.1, -0.05) is 39.3 Å². The number of aromatic nitrogens is 1. The van der Waals surface area contributed by atoms with Crippen molar-refractivity contribution in [3.05, 3.63) is 22.8 Å². The molecule has 19 heavy (non-hydrogen) atoms. The van der Waals surface area contributed by atoms with Crippen molar-refractivity contribution in [3.63, 3.8) is 0 Å². The maximum atomic E-state index is 6.25. The third-order valence-electron chi connectivity index (χ3n) is 3.50. The highest BCUT2D eigenvalue weighted by Gasteiger charge is 2.17. The first-order valence-corrected chi connectivity index (χ1v) is 7.36. The Morgan fingerprint density at radius 3 is 2.32 bits per heavy atom. The summed E-state index contributed by atoms with van der Waals surface area (Å²) in [4.78, 5) is 4.40. The van der Waals surface area contributed by atoms with Crippen LogP contribution < -0.4 is 10.6 Å². The van der Waals surface area contributed by atoms with Crippen molar-refractivity contribution in [2.24, 2.45) is 17.8 Å². The third-order valence-corrected chi connectivity index (χ3v) is 3.78. The zero-order valence-corrected chi connectivity index (χ0v) is 13.4. The molecule has 0 aliphatic heterocycles. The van der Waals surface area contributed by atoms with Gasteiger partial charge in [0.05, 0.1) is 5.02 Å². The van der Waals surface area contributed by atoms with Crippen LogP contribution in [-0.4, -0.2) is 18.6 Å². The number of hydrogen-bond acceptors (Lipinski definition) is 3. The van der Waals surface area contributed by atoms with Gasteiger partial charge in [0.1, 0.15) is 5.82 Å². The Labute approximate surface area is 122 Å². The van der Waals surface area contributed by atoms with Crippen LogP contribution >= 0.6 is 11.6 Å². The lowest BCUT2D eigenvalue weighted by Crippen LogP contribution is -2.25. The highest BCUT2D eigenvalue weighted by molar-refractivity contribution is 6.32. The van der Waals surface area contributed by atoms with Gasteiger partial charge in [-0.25, -0.2) is 4.98 Å². The number of nitrogens with one attached hydrogen (secondary N) is 2. The van der Waals surface area contributed by atoms with Gasteiger partial charge in [-0.05, 0) is 36.4 Å². The van der Waals surface area contributed by atoms with Crippen LogP contribution in [0.25, 0.3) is 0 Å². The van der Waals surface area contributed by atoms with Gasteiger partial charge in [-0.15, -0.1) is 0 Å². The Morgan fingerprint density at radius 2 is 1.84 bits per heavy atom. The van der Waals surface area contributed by atoms with Crippen LogP contribution in [0.4, 0.5) is 5.82 Å².